The van der Waals surface area contributed by atoms with Gasteiger partial charge in [-0.1, -0.05) is 25.5 Å². The van der Waals surface area contributed by atoms with Crippen LogP contribution in [0.25, 0.3) is 0 Å². The van der Waals surface area contributed by atoms with E-state index in [9.17, 15) is 31.5 Å². The molecule has 0 saturated heterocycles. The summed E-state index contributed by atoms with van der Waals surface area (Å²) in [7, 11) is -5.78. The predicted octanol–water partition coefficient (Wildman–Crippen LogP) is 3.72. The number of hydrogen-bond donors (Lipinski definition) is 1. The molecular formula is C20H27F3O5S. The topological polar surface area (TPSA) is 80.7 Å². The molecule has 164 valence electrons. The molecule has 4 aliphatic rings. The SMILES string of the molecule is C[C@]12CC[C@H]3[C@@H](CC=C4C[C@@H](O)CC(OS(=O)(=O)C(F)(F)F)[C@@]43C)[C@@H]1CCC2=O. The van der Waals surface area contributed by atoms with E-state index in [0.29, 0.717) is 32.1 Å². The van der Waals surface area contributed by atoms with E-state index in [1.807, 2.05) is 13.0 Å². The van der Waals surface area contributed by atoms with E-state index in [-0.39, 0.29) is 30.0 Å². The highest BCUT2D eigenvalue weighted by Crippen LogP contribution is 2.64. The summed E-state index contributed by atoms with van der Waals surface area (Å²) in [5.74, 6) is 0.429. The molecule has 29 heavy (non-hydrogen) atoms. The quantitative estimate of drug-likeness (QED) is 0.405. The van der Waals surface area contributed by atoms with Crippen LogP contribution in [0.5, 0.6) is 0 Å². The Balaban J connectivity index is 1.73. The maximum absolute atomic E-state index is 13.0. The zero-order chi connectivity index (χ0) is 21.4. The Morgan fingerprint density at radius 2 is 1.90 bits per heavy atom. The Kier molecular flexibility index (Phi) is 4.80. The number of carbonyl (C=O) groups excluding carboxylic acids is 1. The summed E-state index contributed by atoms with van der Waals surface area (Å²) in [4.78, 5) is 12.5. The van der Waals surface area contributed by atoms with E-state index in [1.54, 1.807) is 6.92 Å². The van der Waals surface area contributed by atoms with Crippen molar-refractivity contribution in [1.29, 1.82) is 0 Å². The Hall–Kier alpha value is -0.930. The number of aliphatic hydroxyl groups is 1. The minimum absolute atomic E-state index is 0.0765. The van der Waals surface area contributed by atoms with Crippen LogP contribution in [-0.4, -0.2) is 37.0 Å². The summed E-state index contributed by atoms with van der Waals surface area (Å²) in [5.41, 5.74) is -6.03. The number of Topliss-reactive ketones (excluding diaryl/α,β-unsaturated/α-hetero) is 1. The van der Waals surface area contributed by atoms with E-state index < -0.39 is 38.7 Å². The van der Waals surface area contributed by atoms with E-state index in [0.717, 1.165) is 12.0 Å². The largest absolute Gasteiger partial charge is 0.523 e. The fourth-order valence-corrected chi connectivity index (χ4v) is 7.49. The monoisotopic (exact) mass is 436 g/mol. The Morgan fingerprint density at radius 3 is 2.55 bits per heavy atom. The lowest BCUT2D eigenvalue weighted by molar-refractivity contribution is -0.135. The summed E-state index contributed by atoms with van der Waals surface area (Å²) in [5, 5.41) is 10.2. The first kappa shape index (κ1) is 21.3. The molecule has 0 bridgehead atoms. The maximum atomic E-state index is 13.0. The lowest BCUT2D eigenvalue weighted by Crippen LogP contribution is -2.57. The normalized spacial score (nSPS) is 45.2. The molecule has 9 heteroatoms. The van der Waals surface area contributed by atoms with Crippen molar-refractivity contribution in [2.75, 3.05) is 0 Å². The molecule has 0 aromatic carbocycles. The van der Waals surface area contributed by atoms with E-state index in [2.05, 4.69) is 0 Å². The fraction of sp³-hybridized carbons (Fsp3) is 0.850. The van der Waals surface area contributed by atoms with Gasteiger partial charge in [-0.3, -0.25) is 8.98 Å². The molecule has 0 radical (unpaired) electrons. The lowest BCUT2D eigenvalue weighted by atomic mass is 9.47. The van der Waals surface area contributed by atoms with Crippen molar-refractivity contribution in [1.82, 2.24) is 0 Å². The predicted molar refractivity (Wildman–Crippen MR) is 97.9 cm³/mol. The third-order valence-electron chi connectivity index (χ3n) is 8.38. The molecule has 7 atom stereocenters. The van der Waals surface area contributed by atoms with Crippen LogP contribution in [0.15, 0.2) is 11.6 Å². The van der Waals surface area contributed by atoms with E-state index in [1.165, 1.54) is 0 Å². The average molecular weight is 436 g/mol. The highest BCUT2D eigenvalue weighted by molar-refractivity contribution is 7.87. The second-order valence-corrected chi connectivity index (χ2v) is 11.2. The van der Waals surface area contributed by atoms with Gasteiger partial charge in [0, 0.05) is 23.7 Å². The Bertz CT molecular complexity index is 851. The number of ketones is 1. The van der Waals surface area contributed by atoms with Gasteiger partial charge in [-0.05, 0) is 49.9 Å². The molecule has 0 spiro atoms. The molecule has 0 amide bonds. The second-order valence-electron chi connectivity index (χ2n) is 9.62. The molecule has 4 aliphatic carbocycles. The molecule has 1 N–H and O–H groups in total. The standard InChI is InChI=1S/C20H27F3O5S/c1-18-8-7-15-13(14(18)5-6-16(18)25)4-3-11-9-12(24)10-17(19(11,15)2)28-29(26,27)20(21,22)23/h3,12-15,17,24H,4-10H2,1-2H3/t12-,13+,14+,15+,17?,18+,19+/m1/s1. The number of halogens is 3. The van der Waals surface area contributed by atoms with Gasteiger partial charge in [-0.15, -0.1) is 0 Å². The van der Waals surface area contributed by atoms with Crippen molar-refractivity contribution in [3.63, 3.8) is 0 Å². The molecule has 0 aliphatic heterocycles. The molecule has 3 saturated carbocycles. The smallest absolute Gasteiger partial charge is 0.393 e. The van der Waals surface area contributed by atoms with Crippen molar-refractivity contribution in [3.05, 3.63) is 11.6 Å². The number of aliphatic hydroxyl groups excluding tert-OH is 1. The molecule has 0 heterocycles. The Labute approximate surface area is 168 Å². The second kappa shape index (κ2) is 6.53. The van der Waals surface area contributed by atoms with Gasteiger partial charge in [0.15, 0.2) is 0 Å². The van der Waals surface area contributed by atoms with Crippen LogP contribution in [0.2, 0.25) is 0 Å². The first-order valence-corrected chi connectivity index (χ1v) is 11.6. The van der Waals surface area contributed by atoms with Gasteiger partial charge in [0.25, 0.3) is 0 Å². The van der Waals surface area contributed by atoms with Crippen LogP contribution in [0.3, 0.4) is 0 Å². The number of fused-ring (bicyclic) bond motifs is 5. The molecule has 4 rings (SSSR count). The number of hydrogen-bond acceptors (Lipinski definition) is 5. The van der Waals surface area contributed by atoms with Gasteiger partial charge >= 0.3 is 15.6 Å². The molecule has 0 aromatic rings. The lowest BCUT2D eigenvalue weighted by Gasteiger charge is -2.58. The molecule has 1 unspecified atom stereocenters. The maximum Gasteiger partial charge on any atom is 0.523 e. The number of alkyl halides is 3. The van der Waals surface area contributed by atoms with Gasteiger partial charge < -0.3 is 5.11 Å². The zero-order valence-corrected chi connectivity index (χ0v) is 17.4. The summed E-state index contributed by atoms with van der Waals surface area (Å²) in [6, 6.07) is 0. The first-order valence-electron chi connectivity index (χ1n) is 10.2. The molecule has 3 fully saturated rings. The van der Waals surface area contributed by atoms with Gasteiger partial charge in [0.1, 0.15) is 5.78 Å². The van der Waals surface area contributed by atoms with Crippen LogP contribution in [0.1, 0.15) is 58.8 Å². The van der Waals surface area contributed by atoms with Crippen molar-refractivity contribution >= 4 is 15.9 Å². The number of carbonyl (C=O) groups is 1. The van der Waals surface area contributed by atoms with Crippen LogP contribution in [-0.2, 0) is 19.1 Å². The Morgan fingerprint density at radius 1 is 1.21 bits per heavy atom. The van der Waals surface area contributed by atoms with Crippen LogP contribution < -0.4 is 0 Å². The summed E-state index contributed by atoms with van der Waals surface area (Å²) < 4.78 is 67.4. The molecule has 5 nitrogen and oxygen atoms in total. The minimum Gasteiger partial charge on any atom is -0.393 e. The van der Waals surface area contributed by atoms with Crippen molar-refractivity contribution in [2.24, 2.45) is 28.6 Å². The fourth-order valence-electron chi connectivity index (χ4n) is 6.79. The minimum atomic E-state index is -5.78. The van der Waals surface area contributed by atoms with Gasteiger partial charge in [-0.2, -0.15) is 21.6 Å². The van der Waals surface area contributed by atoms with E-state index >= 15 is 0 Å². The highest BCUT2D eigenvalue weighted by Gasteiger charge is 2.62. The third-order valence-corrected chi connectivity index (χ3v) is 9.43. The average Bonchev–Trinajstić information content (AvgIpc) is 2.90. The molecule has 0 aromatic heterocycles. The third kappa shape index (κ3) is 3.02. The highest BCUT2D eigenvalue weighted by atomic mass is 32.2. The van der Waals surface area contributed by atoms with Gasteiger partial charge in [0.05, 0.1) is 12.2 Å². The van der Waals surface area contributed by atoms with Crippen molar-refractivity contribution < 1.29 is 35.7 Å². The first-order chi connectivity index (χ1) is 13.3. The van der Waals surface area contributed by atoms with Crippen LogP contribution in [0.4, 0.5) is 13.2 Å². The van der Waals surface area contributed by atoms with Crippen molar-refractivity contribution in [2.45, 2.75) is 76.5 Å². The van der Waals surface area contributed by atoms with Crippen LogP contribution >= 0.6 is 0 Å². The summed E-state index contributed by atoms with van der Waals surface area (Å²) in [6.45, 7) is 3.79. The summed E-state index contributed by atoms with van der Waals surface area (Å²) in [6.07, 6.45) is 3.17. The van der Waals surface area contributed by atoms with Gasteiger partial charge in [0.2, 0.25) is 0 Å². The number of rotatable bonds is 2. The zero-order valence-electron chi connectivity index (χ0n) is 16.5. The summed E-state index contributed by atoms with van der Waals surface area (Å²) >= 11 is 0. The number of allylic oxidation sites excluding steroid dienone is 1. The van der Waals surface area contributed by atoms with Gasteiger partial charge in [-0.25, -0.2) is 0 Å². The van der Waals surface area contributed by atoms with Crippen molar-refractivity contribution in [3.8, 4) is 0 Å². The van der Waals surface area contributed by atoms with Crippen LogP contribution in [0, 0.1) is 28.6 Å². The molecular weight excluding hydrogens is 409 g/mol. The van der Waals surface area contributed by atoms with E-state index in [4.69, 9.17) is 4.18 Å².